The molecule has 0 spiro atoms. The second-order valence-corrected chi connectivity index (χ2v) is 3.74. The van der Waals surface area contributed by atoms with E-state index >= 15 is 0 Å². The first-order valence-electron chi connectivity index (χ1n) is 4.57. The van der Waals surface area contributed by atoms with Crippen molar-refractivity contribution in [3.05, 3.63) is 28.8 Å². The normalized spacial score (nSPS) is 15.8. The van der Waals surface area contributed by atoms with Crippen molar-refractivity contribution in [1.82, 2.24) is 5.43 Å². The van der Waals surface area contributed by atoms with Gasteiger partial charge in [0.15, 0.2) is 0 Å². The Morgan fingerprint density at radius 3 is 2.80 bits per heavy atom. The van der Waals surface area contributed by atoms with Crippen LogP contribution in [-0.4, -0.2) is 11.6 Å². The Balaban J connectivity index is 2.30. The number of amides is 1. The average Bonchev–Trinajstić information content (AvgIpc) is 2.23. The summed E-state index contributed by atoms with van der Waals surface area (Å²) in [5.41, 5.74) is 10.3. The van der Waals surface area contributed by atoms with Gasteiger partial charge in [-0.15, -0.1) is 0 Å². The highest BCUT2D eigenvalue weighted by Crippen LogP contribution is 2.21. The quantitative estimate of drug-likeness (QED) is 0.709. The molecule has 1 aliphatic heterocycles. The Labute approximate surface area is 92.1 Å². The van der Waals surface area contributed by atoms with E-state index in [9.17, 15) is 4.79 Å². The van der Waals surface area contributed by atoms with E-state index in [1.807, 2.05) is 6.07 Å². The monoisotopic (exact) mass is 223 g/mol. The molecule has 0 fully saturated rings. The largest absolute Gasteiger partial charge is 0.398 e. The van der Waals surface area contributed by atoms with Crippen molar-refractivity contribution < 1.29 is 4.79 Å². The molecule has 15 heavy (non-hydrogen) atoms. The number of benzene rings is 1. The highest BCUT2D eigenvalue weighted by Gasteiger charge is 2.13. The molecule has 4 nitrogen and oxygen atoms in total. The number of nitrogen functional groups attached to an aromatic ring is 1. The summed E-state index contributed by atoms with van der Waals surface area (Å²) in [6.07, 6.45) is 1.09. The molecule has 1 aliphatic rings. The van der Waals surface area contributed by atoms with E-state index in [4.69, 9.17) is 17.3 Å². The molecule has 0 saturated carbocycles. The number of hydrogen-bond donors (Lipinski definition) is 2. The summed E-state index contributed by atoms with van der Waals surface area (Å²) in [6, 6.07) is 5.33. The van der Waals surface area contributed by atoms with Crippen molar-refractivity contribution in [2.45, 2.75) is 12.8 Å². The zero-order chi connectivity index (χ0) is 10.8. The number of hydrazone groups is 1. The summed E-state index contributed by atoms with van der Waals surface area (Å²) in [6.45, 7) is 0. The molecular weight excluding hydrogens is 214 g/mol. The molecule has 0 saturated heterocycles. The minimum Gasteiger partial charge on any atom is -0.398 e. The molecule has 0 aromatic heterocycles. The average molecular weight is 224 g/mol. The van der Waals surface area contributed by atoms with Gasteiger partial charge in [0.1, 0.15) is 0 Å². The molecule has 1 amide bonds. The van der Waals surface area contributed by atoms with Crippen molar-refractivity contribution >= 4 is 28.9 Å². The maximum atomic E-state index is 10.9. The predicted molar refractivity (Wildman–Crippen MR) is 59.8 cm³/mol. The lowest BCUT2D eigenvalue weighted by Crippen LogP contribution is -2.25. The van der Waals surface area contributed by atoms with Crippen molar-refractivity contribution in [2.24, 2.45) is 5.10 Å². The molecule has 0 unspecified atom stereocenters. The van der Waals surface area contributed by atoms with E-state index < -0.39 is 0 Å². The van der Waals surface area contributed by atoms with E-state index in [-0.39, 0.29) is 5.91 Å². The minimum absolute atomic E-state index is 0.0553. The van der Waals surface area contributed by atoms with Gasteiger partial charge in [-0.25, -0.2) is 5.43 Å². The van der Waals surface area contributed by atoms with Crippen LogP contribution in [0.3, 0.4) is 0 Å². The molecule has 1 aromatic rings. The maximum absolute atomic E-state index is 10.9. The molecule has 78 valence electrons. The van der Waals surface area contributed by atoms with Gasteiger partial charge in [0.05, 0.1) is 16.4 Å². The molecule has 1 aromatic carbocycles. The Hall–Kier alpha value is -1.55. The van der Waals surface area contributed by atoms with Gasteiger partial charge in [0.25, 0.3) is 0 Å². The lowest BCUT2D eigenvalue weighted by Gasteiger charge is -2.12. The summed E-state index contributed by atoms with van der Waals surface area (Å²) in [4.78, 5) is 10.9. The Morgan fingerprint density at radius 2 is 2.20 bits per heavy atom. The van der Waals surface area contributed by atoms with Crippen LogP contribution in [0.15, 0.2) is 23.3 Å². The number of hydrogen-bond acceptors (Lipinski definition) is 3. The topological polar surface area (TPSA) is 67.5 Å². The molecule has 1 heterocycles. The smallest absolute Gasteiger partial charge is 0.240 e. The molecule has 0 atom stereocenters. The number of nitrogens with two attached hydrogens (primary N) is 1. The van der Waals surface area contributed by atoms with Crippen LogP contribution >= 0.6 is 11.6 Å². The Kier molecular flexibility index (Phi) is 2.60. The molecule has 2 rings (SSSR count). The lowest BCUT2D eigenvalue weighted by molar-refractivity contribution is -0.121. The van der Waals surface area contributed by atoms with Gasteiger partial charge in [0.2, 0.25) is 5.91 Å². The third kappa shape index (κ3) is 2.10. The number of nitrogens with one attached hydrogen (secondary N) is 1. The zero-order valence-corrected chi connectivity index (χ0v) is 8.71. The van der Waals surface area contributed by atoms with Crippen LogP contribution in [0.5, 0.6) is 0 Å². The summed E-state index contributed by atoms with van der Waals surface area (Å²) < 4.78 is 0. The summed E-state index contributed by atoms with van der Waals surface area (Å²) in [5, 5.41) is 4.48. The minimum atomic E-state index is -0.0553. The van der Waals surface area contributed by atoms with Gasteiger partial charge in [-0.3, -0.25) is 4.79 Å². The highest BCUT2D eigenvalue weighted by atomic mass is 35.5. The first-order chi connectivity index (χ1) is 7.16. The van der Waals surface area contributed by atoms with Crippen molar-refractivity contribution in [2.75, 3.05) is 5.73 Å². The second-order valence-electron chi connectivity index (χ2n) is 3.33. The molecule has 0 aliphatic carbocycles. The van der Waals surface area contributed by atoms with E-state index in [2.05, 4.69) is 10.5 Å². The summed E-state index contributed by atoms with van der Waals surface area (Å²) in [7, 11) is 0. The van der Waals surface area contributed by atoms with Gasteiger partial charge in [0, 0.05) is 12.8 Å². The molecule has 3 N–H and O–H groups in total. The van der Waals surface area contributed by atoms with Gasteiger partial charge in [-0.2, -0.15) is 5.10 Å². The first kappa shape index (κ1) is 9.98. The van der Waals surface area contributed by atoms with Gasteiger partial charge < -0.3 is 5.73 Å². The van der Waals surface area contributed by atoms with Crippen LogP contribution in [0.1, 0.15) is 18.4 Å². The molecule has 0 radical (unpaired) electrons. The van der Waals surface area contributed by atoms with E-state index in [1.54, 1.807) is 12.1 Å². The van der Waals surface area contributed by atoms with Gasteiger partial charge in [-0.1, -0.05) is 17.7 Å². The van der Waals surface area contributed by atoms with Gasteiger partial charge >= 0.3 is 0 Å². The van der Waals surface area contributed by atoms with Crippen LogP contribution in [0.2, 0.25) is 5.02 Å². The first-order valence-corrected chi connectivity index (χ1v) is 4.95. The molecule has 0 bridgehead atoms. The van der Waals surface area contributed by atoms with Crippen molar-refractivity contribution in [1.29, 1.82) is 0 Å². The number of carbonyl (C=O) groups excluding carboxylic acids is 1. The van der Waals surface area contributed by atoms with Crippen LogP contribution in [0.4, 0.5) is 5.69 Å². The fraction of sp³-hybridized carbons (Fsp3) is 0.200. The SMILES string of the molecule is Nc1ccc(C2=NNC(=O)CC2)cc1Cl. The van der Waals surface area contributed by atoms with Crippen molar-refractivity contribution in [3.63, 3.8) is 0 Å². The third-order valence-electron chi connectivity index (χ3n) is 2.24. The highest BCUT2D eigenvalue weighted by molar-refractivity contribution is 6.33. The Morgan fingerprint density at radius 1 is 1.40 bits per heavy atom. The van der Waals surface area contributed by atoms with Crippen LogP contribution in [0, 0.1) is 0 Å². The van der Waals surface area contributed by atoms with Gasteiger partial charge in [-0.05, 0) is 17.7 Å². The lowest BCUT2D eigenvalue weighted by atomic mass is 10.0. The molecular formula is C10H10ClN3O. The number of halogens is 1. The third-order valence-corrected chi connectivity index (χ3v) is 2.57. The fourth-order valence-electron chi connectivity index (χ4n) is 1.39. The Bertz CT molecular complexity index is 442. The number of rotatable bonds is 1. The summed E-state index contributed by atoms with van der Waals surface area (Å²) >= 11 is 5.89. The maximum Gasteiger partial charge on any atom is 0.240 e. The summed E-state index contributed by atoms with van der Waals surface area (Å²) in [5.74, 6) is -0.0553. The second kappa shape index (κ2) is 3.90. The van der Waals surface area contributed by atoms with Crippen molar-refractivity contribution in [3.8, 4) is 0 Å². The number of anilines is 1. The number of carbonyl (C=O) groups is 1. The van der Waals surface area contributed by atoms with E-state index in [1.165, 1.54) is 0 Å². The fourth-order valence-corrected chi connectivity index (χ4v) is 1.57. The predicted octanol–water partition coefficient (Wildman–Crippen LogP) is 1.54. The zero-order valence-electron chi connectivity index (χ0n) is 7.96. The molecule has 5 heteroatoms. The van der Waals surface area contributed by atoms with Crippen LogP contribution < -0.4 is 11.2 Å². The van der Waals surface area contributed by atoms with Crippen LogP contribution in [0.25, 0.3) is 0 Å². The standard InChI is InChI=1S/C10H10ClN3O/c11-7-5-6(1-2-8(7)12)9-3-4-10(15)14-13-9/h1-2,5H,3-4,12H2,(H,14,15). The van der Waals surface area contributed by atoms with E-state index in [0.29, 0.717) is 23.6 Å². The number of nitrogens with zero attached hydrogens (tertiary/aromatic N) is 1. The van der Waals surface area contributed by atoms with E-state index in [0.717, 1.165) is 11.3 Å². The van der Waals surface area contributed by atoms with Crippen LogP contribution in [-0.2, 0) is 4.79 Å².